The fourth-order valence-corrected chi connectivity index (χ4v) is 2.39. The summed E-state index contributed by atoms with van der Waals surface area (Å²) >= 11 is 11.5. The van der Waals surface area contributed by atoms with Gasteiger partial charge in [0.05, 0.1) is 10.6 Å². The van der Waals surface area contributed by atoms with Crippen LogP contribution in [-0.4, -0.2) is 20.2 Å². The van der Waals surface area contributed by atoms with E-state index in [9.17, 15) is 9.36 Å². The lowest BCUT2D eigenvalue weighted by Crippen LogP contribution is -2.07. The second-order valence-electron chi connectivity index (χ2n) is 3.27. The quantitative estimate of drug-likeness (QED) is 0.463. The molecule has 0 saturated carbocycles. The number of carbonyl (C=O) groups excluding carboxylic acids is 1. The van der Waals surface area contributed by atoms with Crippen molar-refractivity contribution in [1.82, 2.24) is 0 Å². The molecule has 1 aromatic carbocycles. The molecule has 0 atom stereocenters. The maximum atomic E-state index is 11.9. The van der Waals surface area contributed by atoms with Crippen molar-refractivity contribution in [3.05, 3.63) is 45.9 Å². The van der Waals surface area contributed by atoms with Gasteiger partial charge in [0.1, 0.15) is 0 Å². The molecule has 5 nitrogen and oxygen atoms in total. The molecule has 0 unspecified atom stereocenters. The van der Waals surface area contributed by atoms with E-state index in [1.165, 1.54) is 18.2 Å². The highest BCUT2D eigenvalue weighted by atomic mass is 35.5. The molecule has 0 aliphatic rings. The van der Waals surface area contributed by atoms with Gasteiger partial charge in [-0.05, 0) is 24.8 Å². The lowest BCUT2D eigenvalue weighted by Gasteiger charge is -2.15. The molecule has 0 aromatic heterocycles. The average Bonchev–Trinajstić information content (AvgIpc) is 2.37. The van der Waals surface area contributed by atoms with Gasteiger partial charge in [-0.3, -0.25) is 4.57 Å². The molecule has 0 heterocycles. The van der Waals surface area contributed by atoms with Gasteiger partial charge in [0.15, 0.2) is 0 Å². The minimum Gasteiger partial charge on any atom is -0.415 e. The second kappa shape index (κ2) is 6.55. The van der Waals surface area contributed by atoms with Gasteiger partial charge in [0, 0.05) is 19.2 Å². The Hall–Kier alpha value is -0.840. The molecule has 0 amide bonds. The van der Waals surface area contributed by atoms with Crippen LogP contribution in [0.25, 0.3) is 0 Å². The van der Waals surface area contributed by atoms with Gasteiger partial charge in [-0.1, -0.05) is 23.2 Å². The zero-order chi connectivity index (χ0) is 14.6. The Morgan fingerprint density at radius 3 is 2.32 bits per heavy atom. The van der Waals surface area contributed by atoms with Crippen molar-refractivity contribution < 1.29 is 23.1 Å². The molecule has 0 bridgehead atoms. The number of benzene rings is 1. The highest BCUT2D eigenvalue weighted by molar-refractivity contribution is 7.58. The van der Waals surface area contributed by atoms with Crippen LogP contribution in [0.4, 0.5) is 0 Å². The van der Waals surface area contributed by atoms with Crippen molar-refractivity contribution in [3.8, 4) is 0 Å². The Labute approximate surface area is 120 Å². The van der Waals surface area contributed by atoms with E-state index in [0.29, 0.717) is 5.02 Å². The Kier molecular flexibility index (Phi) is 5.59. The highest BCUT2D eigenvalue weighted by Gasteiger charge is 2.30. The molecule has 1 aromatic rings. The van der Waals surface area contributed by atoms with E-state index in [4.69, 9.17) is 27.9 Å². The van der Waals surface area contributed by atoms with Crippen molar-refractivity contribution in [3.63, 3.8) is 0 Å². The zero-order valence-electron chi connectivity index (χ0n) is 10.2. The van der Waals surface area contributed by atoms with Crippen LogP contribution >= 0.6 is 30.8 Å². The van der Waals surface area contributed by atoms with Crippen LogP contribution in [0, 0.1) is 0 Å². The zero-order valence-corrected chi connectivity index (χ0v) is 12.6. The standard InChI is InChI=1S/C11H11Cl2O5P/c1-7(19(15,16-2)17-3)18-11(14)9-5-4-8(12)6-10(9)13/h4-6H,1H2,2-3H3. The van der Waals surface area contributed by atoms with Gasteiger partial charge in [0.25, 0.3) is 0 Å². The van der Waals surface area contributed by atoms with E-state index in [0.717, 1.165) is 14.2 Å². The minimum absolute atomic E-state index is 0.0611. The van der Waals surface area contributed by atoms with Crippen molar-refractivity contribution in [2.75, 3.05) is 14.2 Å². The number of hydrogen-bond acceptors (Lipinski definition) is 5. The van der Waals surface area contributed by atoms with E-state index in [-0.39, 0.29) is 10.6 Å². The predicted molar refractivity (Wildman–Crippen MR) is 72.6 cm³/mol. The number of ether oxygens (including phenoxy) is 1. The smallest absolute Gasteiger partial charge is 0.395 e. The maximum absolute atomic E-state index is 11.9. The van der Waals surface area contributed by atoms with Crippen LogP contribution in [0.2, 0.25) is 10.0 Å². The topological polar surface area (TPSA) is 61.8 Å². The van der Waals surface area contributed by atoms with E-state index >= 15 is 0 Å². The Morgan fingerprint density at radius 2 is 1.84 bits per heavy atom. The molecule has 0 aliphatic carbocycles. The molecule has 104 valence electrons. The van der Waals surface area contributed by atoms with Crippen molar-refractivity contribution in [1.29, 1.82) is 0 Å². The molecule has 1 rings (SSSR count). The van der Waals surface area contributed by atoms with Crippen LogP contribution in [0.3, 0.4) is 0 Å². The first-order valence-corrected chi connectivity index (χ1v) is 7.22. The van der Waals surface area contributed by atoms with Crippen molar-refractivity contribution >= 4 is 36.8 Å². The molecule has 0 aliphatic heterocycles. The predicted octanol–water partition coefficient (Wildman–Crippen LogP) is 4.11. The molecule has 8 heteroatoms. The fraction of sp³-hybridized carbons (Fsp3) is 0.182. The molecule has 0 N–H and O–H groups in total. The normalized spacial score (nSPS) is 11.2. The molecular formula is C11H11Cl2O5P. The van der Waals surface area contributed by atoms with Gasteiger partial charge < -0.3 is 13.8 Å². The summed E-state index contributed by atoms with van der Waals surface area (Å²) in [4.78, 5) is 11.8. The summed E-state index contributed by atoms with van der Waals surface area (Å²) in [6.45, 7) is 3.36. The third-order valence-corrected chi connectivity index (χ3v) is 4.36. The SMILES string of the molecule is C=C(OC(=O)c1ccc(Cl)cc1Cl)P(=O)(OC)OC. The third kappa shape index (κ3) is 3.81. The first-order valence-electron chi connectivity index (χ1n) is 4.92. The molecule has 0 saturated heterocycles. The van der Waals surface area contributed by atoms with Crippen LogP contribution in [0.5, 0.6) is 0 Å². The molecule has 0 radical (unpaired) electrons. The Bertz CT molecular complexity index is 550. The van der Waals surface area contributed by atoms with E-state index in [2.05, 4.69) is 15.6 Å². The lowest BCUT2D eigenvalue weighted by atomic mass is 10.2. The van der Waals surface area contributed by atoms with Crippen LogP contribution in [0.1, 0.15) is 10.4 Å². The Balaban J connectivity index is 2.92. The van der Waals surface area contributed by atoms with E-state index in [1.807, 2.05) is 0 Å². The number of hydrogen-bond donors (Lipinski definition) is 0. The summed E-state index contributed by atoms with van der Waals surface area (Å²) in [5.74, 6) is -0.832. The second-order valence-corrected chi connectivity index (χ2v) is 6.34. The summed E-state index contributed by atoms with van der Waals surface area (Å²) in [7, 11) is -1.38. The molecular weight excluding hydrogens is 314 g/mol. The molecule has 0 fully saturated rings. The van der Waals surface area contributed by atoms with Crippen molar-refractivity contribution in [2.24, 2.45) is 0 Å². The van der Waals surface area contributed by atoms with Crippen molar-refractivity contribution in [2.45, 2.75) is 0 Å². The van der Waals surface area contributed by atoms with Gasteiger partial charge >= 0.3 is 13.6 Å². The maximum Gasteiger partial charge on any atom is 0.395 e. The average molecular weight is 325 g/mol. The van der Waals surface area contributed by atoms with Gasteiger partial charge in [-0.15, -0.1) is 0 Å². The van der Waals surface area contributed by atoms with Gasteiger partial charge in [-0.2, -0.15) is 0 Å². The summed E-state index contributed by atoms with van der Waals surface area (Å²) in [6, 6.07) is 4.23. The third-order valence-electron chi connectivity index (χ3n) is 2.15. The number of carbonyl (C=O) groups is 1. The summed E-state index contributed by atoms with van der Waals surface area (Å²) in [5, 5.41) is 0.481. The lowest BCUT2D eigenvalue weighted by molar-refractivity contribution is 0.0634. The van der Waals surface area contributed by atoms with Gasteiger partial charge in [-0.25, -0.2) is 4.79 Å². The summed E-state index contributed by atoms with van der Waals surface area (Å²) < 4.78 is 26.0. The van der Waals surface area contributed by atoms with Crippen LogP contribution < -0.4 is 0 Å². The Morgan fingerprint density at radius 1 is 1.26 bits per heavy atom. The minimum atomic E-state index is -3.68. The first-order chi connectivity index (χ1) is 8.84. The first kappa shape index (κ1) is 16.2. The number of halogens is 2. The fourth-order valence-electron chi connectivity index (χ4n) is 1.15. The summed E-state index contributed by atoms with van der Waals surface area (Å²) in [6.07, 6.45) is 0. The molecule has 0 spiro atoms. The summed E-state index contributed by atoms with van der Waals surface area (Å²) in [5.41, 5.74) is -0.362. The van der Waals surface area contributed by atoms with Gasteiger partial charge in [0.2, 0.25) is 5.50 Å². The number of esters is 1. The number of rotatable bonds is 5. The van der Waals surface area contributed by atoms with Crippen LogP contribution in [-0.2, 0) is 18.3 Å². The van der Waals surface area contributed by atoms with E-state index < -0.39 is 19.1 Å². The largest absolute Gasteiger partial charge is 0.415 e. The monoisotopic (exact) mass is 324 g/mol. The van der Waals surface area contributed by atoms with Crippen LogP contribution in [0.15, 0.2) is 30.3 Å². The molecule has 19 heavy (non-hydrogen) atoms. The highest BCUT2D eigenvalue weighted by Crippen LogP contribution is 2.54. The van der Waals surface area contributed by atoms with E-state index in [1.54, 1.807) is 0 Å².